The average Bonchev–Trinajstić information content (AvgIpc) is 2.71. The van der Waals surface area contributed by atoms with E-state index in [2.05, 4.69) is 34.0 Å². The van der Waals surface area contributed by atoms with Crippen LogP contribution in [0, 0.1) is 0 Å². The highest BCUT2D eigenvalue weighted by Gasteiger charge is 2.22. The summed E-state index contributed by atoms with van der Waals surface area (Å²) in [5, 5.41) is 1.02. The number of aromatic nitrogens is 3. The Hall–Kier alpha value is -3.47. The number of nitrogens with zero attached hydrogens (tertiary/aromatic N) is 3. The molecule has 134 valence electrons. The summed E-state index contributed by atoms with van der Waals surface area (Å²) in [6, 6.07) is 20.3. The second kappa shape index (κ2) is 7.03. The molecule has 2 aromatic heterocycles. The van der Waals surface area contributed by atoms with Crippen LogP contribution in [0.25, 0.3) is 22.2 Å². The summed E-state index contributed by atoms with van der Waals surface area (Å²) in [6.07, 6.45) is 2.66. The van der Waals surface area contributed by atoms with E-state index in [1.165, 1.54) is 5.56 Å². The third-order valence-corrected chi connectivity index (χ3v) is 4.82. The van der Waals surface area contributed by atoms with Crippen molar-refractivity contribution in [3.8, 4) is 11.3 Å². The van der Waals surface area contributed by atoms with Gasteiger partial charge in [-0.25, -0.2) is 9.97 Å². The van der Waals surface area contributed by atoms with Gasteiger partial charge in [0.2, 0.25) is 0 Å². The van der Waals surface area contributed by atoms with Crippen LogP contribution in [0.3, 0.4) is 0 Å². The van der Waals surface area contributed by atoms with Gasteiger partial charge < -0.3 is 11.5 Å². The van der Waals surface area contributed by atoms with Gasteiger partial charge in [-0.15, -0.1) is 0 Å². The lowest BCUT2D eigenvalue weighted by Crippen LogP contribution is -2.11. The minimum atomic E-state index is 0.0727. The minimum absolute atomic E-state index is 0.0727. The van der Waals surface area contributed by atoms with Crippen molar-refractivity contribution in [2.45, 2.75) is 19.3 Å². The number of nitrogens with two attached hydrogens (primary N) is 2. The second-order valence-electron chi connectivity index (χ2n) is 6.48. The summed E-state index contributed by atoms with van der Waals surface area (Å²) in [7, 11) is 0. The molecule has 0 aliphatic rings. The first-order chi connectivity index (χ1) is 13.2. The normalized spacial score (nSPS) is 12.2. The number of hydrogen-bond donors (Lipinski definition) is 2. The molecule has 0 radical (unpaired) electrons. The summed E-state index contributed by atoms with van der Waals surface area (Å²) in [4.78, 5) is 13.8. The standard InChI is InChI=1S/C22H21N5/c1-2-15(14-8-4-3-5-9-14)19-20(27-22(24)21(23)26-19)17-10-6-12-18-16(17)11-7-13-25-18/h3-13,15H,2H2,1H3,(H2,23,26)(H2,24,27). The van der Waals surface area contributed by atoms with Crippen LogP contribution < -0.4 is 11.5 Å². The summed E-state index contributed by atoms with van der Waals surface area (Å²) in [5.41, 5.74) is 16.7. The second-order valence-corrected chi connectivity index (χ2v) is 6.48. The Kier molecular flexibility index (Phi) is 4.42. The fourth-order valence-electron chi connectivity index (χ4n) is 3.50. The summed E-state index contributed by atoms with van der Waals surface area (Å²) >= 11 is 0. The van der Waals surface area contributed by atoms with Gasteiger partial charge in [-0.2, -0.15) is 0 Å². The van der Waals surface area contributed by atoms with Gasteiger partial charge in [-0.1, -0.05) is 55.5 Å². The quantitative estimate of drug-likeness (QED) is 0.566. The van der Waals surface area contributed by atoms with Crippen molar-refractivity contribution < 1.29 is 0 Å². The average molecular weight is 355 g/mol. The molecule has 0 aliphatic heterocycles. The third-order valence-electron chi connectivity index (χ3n) is 4.82. The molecule has 0 bridgehead atoms. The molecule has 4 aromatic rings. The molecule has 5 heteroatoms. The number of rotatable bonds is 4. The summed E-state index contributed by atoms with van der Waals surface area (Å²) in [6.45, 7) is 2.14. The van der Waals surface area contributed by atoms with E-state index in [9.17, 15) is 0 Å². The molecule has 2 aromatic carbocycles. The Morgan fingerprint density at radius 1 is 0.852 bits per heavy atom. The van der Waals surface area contributed by atoms with Gasteiger partial charge in [0.1, 0.15) is 0 Å². The van der Waals surface area contributed by atoms with E-state index in [1.807, 2.05) is 48.5 Å². The largest absolute Gasteiger partial charge is 0.381 e. The highest BCUT2D eigenvalue weighted by Crippen LogP contribution is 2.37. The fraction of sp³-hybridized carbons (Fsp3) is 0.136. The Bertz CT molecular complexity index is 1090. The predicted molar refractivity (Wildman–Crippen MR) is 110 cm³/mol. The molecule has 1 unspecified atom stereocenters. The zero-order valence-electron chi connectivity index (χ0n) is 15.1. The van der Waals surface area contributed by atoms with Crippen LogP contribution in [0.2, 0.25) is 0 Å². The Morgan fingerprint density at radius 2 is 1.63 bits per heavy atom. The molecule has 0 fully saturated rings. The highest BCUT2D eigenvalue weighted by atomic mass is 15.0. The Balaban J connectivity index is 1.99. The van der Waals surface area contributed by atoms with Crippen molar-refractivity contribution in [3.05, 3.63) is 78.1 Å². The molecule has 2 heterocycles. The smallest absolute Gasteiger partial charge is 0.166 e. The Morgan fingerprint density at radius 3 is 2.41 bits per heavy atom. The van der Waals surface area contributed by atoms with Crippen molar-refractivity contribution in [1.29, 1.82) is 0 Å². The van der Waals surface area contributed by atoms with E-state index in [0.717, 1.165) is 34.3 Å². The van der Waals surface area contributed by atoms with Crippen LogP contribution in [0.15, 0.2) is 66.9 Å². The number of fused-ring (bicyclic) bond motifs is 1. The van der Waals surface area contributed by atoms with Crippen LogP contribution in [0.5, 0.6) is 0 Å². The molecule has 27 heavy (non-hydrogen) atoms. The van der Waals surface area contributed by atoms with E-state index >= 15 is 0 Å². The zero-order chi connectivity index (χ0) is 18.8. The van der Waals surface area contributed by atoms with Gasteiger partial charge in [0.25, 0.3) is 0 Å². The highest BCUT2D eigenvalue weighted by molar-refractivity contribution is 5.94. The fourth-order valence-corrected chi connectivity index (χ4v) is 3.50. The van der Waals surface area contributed by atoms with E-state index in [0.29, 0.717) is 0 Å². The first kappa shape index (κ1) is 17.0. The molecular weight excluding hydrogens is 334 g/mol. The molecule has 0 saturated heterocycles. The van der Waals surface area contributed by atoms with E-state index in [1.54, 1.807) is 6.20 Å². The lowest BCUT2D eigenvalue weighted by Gasteiger charge is -2.20. The van der Waals surface area contributed by atoms with Crippen molar-refractivity contribution >= 4 is 22.5 Å². The van der Waals surface area contributed by atoms with Crippen molar-refractivity contribution in [2.75, 3.05) is 11.5 Å². The zero-order valence-corrected chi connectivity index (χ0v) is 15.1. The molecule has 5 nitrogen and oxygen atoms in total. The van der Waals surface area contributed by atoms with E-state index in [4.69, 9.17) is 11.5 Å². The third kappa shape index (κ3) is 3.08. The summed E-state index contributed by atoms with van der Waals surface area (Å²) < 4.78 is 0. The molecule has 0 aliphatic carbocycles. The maximum absolute atomic E-state index is 6.04. The number of benzene rings is 2. The molecular formula is C22H21N5. The van der Waals surface area contributed by atoms with Gasteiger partial charge in [0.15, 0.2) is 11.6 Å². The molecule has 0 saturated carbocycles. The van der Waals surface area contributed by atoms with Gasteiger partial charge in [0.05, 0.1) is 16.9 Å². The maximum Gasteiger partial charge on any atom is 0.166 e. The van der Waals surface area contributed by atoms with Crippen LogP contribution >= 0.6 is 0 Å². The summed E-state index contributed by atoms with van der Waals surface area (Å²) in [5.74, 6) is 0.586. The van der Waals surface area contributed by atoms with Crippen LogP contribution in [0.1, 0.15) is 30.5 Å². The van der Waals surface area contributed by atoms with Crippen LogP contribution in [-0.4, -0.2) is 15.0 Å². The van der Waals surface area contributed by atoms with Gasteiger partial charge in [0, 0.05) is 23.1 Å². The van der Waals surface area contributed by atoms with Gasteiger partial charge in [-0.3, -0.25) is 4.98 Å². The van der Waals surface area contributed by atoms with Crippen LogP contribution in [-0.2, 0) is 0 Å². The maximum atomic E-state index is 6.04. The first-order valence-corrected chi connectivity index (χ1v) is 9.01. The predicted octanol–water partition coefficient (Wildman–Crippen LogP) is 4.40. The van der Waals surface area contributed by atoms with Gasteiger partial charge >= 0.3 is 0 Å². The molecule has 4 rings (SSSR count). The van der Waals surface area contributed by atoms with Gasteiger partial charge in [-0.05, 0) is 24.1 Å². The van der Waals surface area contributed by atoms with Crippen molar-refractivity contribution in [1.82, 2.24) is 15.0 Å². The lowest BCUT2D eigenvalue weighted by molar-refractivity contribution is 0.748. The first-order valence-electron chi connectivity index (χ1n) is 9.01. The molecule has 0 amide bonds. The number of anilines is 2. The molecule has 1 atom stereocenters. The van der Waals surface area contributed by atoms with Crippen molar-refractivity contribution in [3.63, 3.8) is 0 Å². The molecule has 4 N–H and O–H groups in total. The van der Waals surface area contributed by atoms with E-state index in [-0.39, 0.29) is 17.6 Å². The SMILES string of the molecule is CCC(c1ccccc1)c1nc(N)c(N)nc1-c1cccc2ncccc12. The Labute approximate surface area is 158 Å². The number of nitrogen functional groups attached to an aromatic ring is 2. The van der Waals surface area contributed by atoms with Crippen molar-refractivity contribution in [2.24, 2.45) is 0 Å². The monoisotopic (exact) mass is 355 g/mol. The molecule has 0 spiro atoms. The number of hydrogen-bond acceptors (Lipinski definition) is 5. The van der Waals surface area contributed by atoms with Crippen LogP contribution in [0.4, 0.5) is 11.6 Å². The van der Waals surface area contributed by atoms with E-state index < -0.39 is 0 Å². The topological polar surface area (TPSA) is 90.7 Å². The minimum Gasteiger partial charge on any atom is -0.381 e. The lowest BCUT2D eigenvalue weighted by atomic mass is 9.89. The number of pyridine rings is 1.